The third-order valence-electron chi connectivity index (χ3n) is 2.83. The molecule has 1 amide bonds. The second-order valence-electron chi connectivity index (χ2n) is 4.01. The maximum atomic E-state index is 12.0. The number of nitrogens with one attached hydrogen (secondary N) is 2. The molecule has 1 aliphatic heterocycles. The van der Waals surface area contributed by atoms with E-state index >= 15 is 0 Å². The minimum absolute atomic E-state index is 0. The first-order valence-corrected chi connectivity index (χ1v) is 6.81. The molecule has 1 unspecified atom stereocenters. The third kappa shape index (κ3) is 3.52. The quantitative estimate of drug-likeness (QED) is 0.881. The highest BCUT2D eigenvalue weighted by atomic mass is 35.5. The van der Waals surface area contributed by atoms with Crippen molar-refractivity contribution in [2.75, 3.05) is 16.9 Å². The van der Waals surface area contributed by atoms with Gasteiger partial charge in [-0.25, -0.2) is 0 Å². The highest BCUT2D eigenvalue weighted by molar-refractivity contribution is 7.99. The summed E-state index contributed by atoms with van der Waals surface area (Å²) in [6.45, 7) is 0. The standard InChI is InChI=1S/C12H12N4OS.2ClH/c17-12(11-6-18-7-15-11)16-10-2-4-14-9-1-3-13-5-8(9)10;;/h1-5,11,15H,6-7H2,(H,14,16,17);2*1H. The summed E-state index contributed by atoms with van der Waals surface area (Å²) >= 11 is 1.73. The van der Waals surface area contributed by atoms with Gasteiger partial charge in [-0.1, -0.05) is 0 Å². The van der Waals surface area contributed by atoms with Gasteiger partial charge in [0.2, 0.25) is 5.91 Å². The van der Waals surface area contributed by atoms with E-state index in [2.05, 4.69) is 20.6 Å². The fraction of sp³-hybridized carbons (Fsp3) is 0.250. The summed E-state index contributed by atoms with van der Waals surface area (Å²) in [7, 11) is 0. The minimum atomic E-state index is -0.116. The summed E-state index contributed by atoms with van der Waals surface area (Å²) in [5, 5.41) is 6.94. The molecule has 0 saturated carbocycles. The molecule has 8 heteroatoms. The molecule has 1 saturated heterocycles. The number of halogens is 2. The predicted molar refractivity (Wildman–Crippen MR) is 86.9 cm³/mol. The van der Waals surface area contributed by atoms with Crippen molar-refractivity contribution < 1.29 is 4.79 Å². The first-order chi connectivity index (χ1) is 8.84. The zero-order valence-electron chi connectivity index (χ0n) is 10.4. The number of thioether (sulfide) groups is 1. The Morgan fingerprint density at radius 3 is 2.95 bits per heavy atom. The van der Waals surface area contributed by atoms with Crippen molar-refractivity contribution in [1.82, 2.24) is 15.3 Å². The van der Waals surface area contributed by atoms with Crippen LogP contribution >= 0.6 is 36.6 Å². The average molecular weight is 333 g/mol. The van der Waals surface area contributed by atoms with Crippen LogP contribution in [-0.4, -0.2) is 33.5 Å². The van der Waals surface area contributed by atoms with E-state index in [0.717, 1.165) is 28.2 Å². The zero-order valence-corrected chi connectivity index (χ0v) is 12.9. The van der Waals surface area contributed by atoms with Gasteiger partial charge in [0.1, 0.15) is 0 Å². The lowest BCUT2D eigenvalue weighted by atomic mass is 10.2. The summed E-state index contributed by atoms with van der Waals surface area (Å²) < 4.78 is 0. The van der Waals surface area contributed by atoms with Gasteiger partial charge >= 0.3 is 0 Å². The number of hydrogen-bond donors (Lipinski definition) is 2. The number of hydrogen-bond acceptors (Lipinski definition) is 5. The van der Waals surface area contributed by atoms with Gasteiger partial charge in [-0.05, 0) is 12.1 Å². The topological polar surface area (TPSA) is 66.9 Å². The number of pyridine rings is 2. The fourth-order valence-corrected chi connectivity index (χ4v) is 2.82. The predicted octanol–water partition coefficient (Wildman–Crippen LogP) is 2.07. The molecule has 20 heavy (non-hydrogen) atoms. The third-order valence-corrected chi connectivity index (χ3v) is 3.77. The molecule has 2 aromatic rings. The first kappa shape index (κ1) is 17.0. The van der Waals surface area contributed by atoms with Gasteiger partial charge in [-0.2, -0.15) is 0 Å². The maximum absolute atomic E-state index is 12.0. The number of carbonyl (C=O) groups is 1. The van der Waals surface area contributed by atoms with Gasteiger partial charge in [0, 0.05) is 35.6 Å². The highest BCUT2D eigenvalue weighted by Crippen LogP contribution is 2.20. The van der Waals surface area contributed by atoms with Crippen molar-refractivity contribution in [3.63, 3.8) is 0 Å². The van der Waals surface area contributed by atoms with Crippen LogP contribution < -0.4 is 10.6 Å². The molecular formula is C12H14Cl2N4OS. The molecule has 0 aromatic carbocycles. The molecule has 108 valence electrons. The molecule has 2 N–H and O–H groups in total. The Morgan fingerprint density at radius 1 is 1.35 bits per heavy atom. The SMILES string of the molecule is Cl.Cl.O=C(Nc1ccnc2ccncc12)C1CSCN1. The molecule has 5 nitrogen and oxygen atoms in total. The van der Waals surface area contributed by atoms with Crippen LogP contribution in [0.25, 0.3) is 10.9 Å². The van der Waals surface area contributed by atoms with E-state index in [1.54, 1.807) is 36.4 Å². The first-order valence-electron chi connectivity index (χ1n) is 5.65. The second kappa shape index (κ2) is 7.64. The van der Waals surface area contributed by atoms with Crippen molar-refractivity contribution >= 4 is 59.1 Å². The Balaban J connectivity index is 0.000001000. The van der Waals surface area contributed by atoms with Gasteiger partial charge in [0.25, 0.3) is 0 Å². The Hall–Kier alpha value is -1.08. The molecule has 2 aromatic heterocycles. The zero-order chi connectivity index (χ0) is 12.4. The number of amides is 1. The lowest BCUT2D eigenvalue weighted by Crippen LogP contribution is -2.37. The number of fused-ring (bicyclic) bond motifs is 1. The van der Waals surface area contributed by atoms with Crippen LogP contribution in [0, 0.1) is 0 Å². The van der Waals surface area contributed by atoms with Crippen molar-refractivity contribution in [3.8, 4) is 0 Å². The van der Waals surface area contributed by atoms with Crippen LogP contribution in [0.3, 0.4) is 0 Å². The normalized spacial score (nSPS) is 17.1. The maximum Gasteiger partial charge on any atom is 0.242 e. The van der Waals surface area contributed by atoms with Crippen molar-refractivity contribution in [1.29, 1.82) is 0 Å². The molecule has 0 bridgehead atoms. The van der Waals surface area contributed by atoms with Crippen LogP contribution in [0.2, 0.25) is 0 Å². The smallest absolute Gasteiger partial charge is 0.242 e. The van der Waals surface area contributed by atoms with Crippen molar-refractivity contribution in [3.05, 3.63) is 30.7 Å². The van der Waals surface area contributed by atoms with E-state index in [1.165, 1.54) is 0 Å². The molecule has 3 rings (SSSR count). The lowest BCUT2D eigenvalue weighted by molar-refractivity contribution is -0.117. The van der Waals surface area contributed by atoms with E-state index in [9.17, 15) is 4.79 Å². The fourth-order valence-electron chi connectivity index (χ4n) is 1.88. The summed E-state index contributed by atoms with van der Waals surface area (Å²) in [6.07, 6.45) is 5.10. The van der Waals surface area contributed by atoms with E-state index < -0.39 is 0 Å². The van der Waals surface area contributed by atoms with E-state index in [4.69, 9.17) is 0 Å². The average Bonchev–Trinajstić information content (AvgIpc) is 2.93. The summed E-state index contributed by atoms with van der Waals surface area (Å²) in [6, 6.07) is 3.51. The van der Waals surface area contributed by atoms with Gasteiger partial charge in [0.15, 0.2) is 0 Å². The monoisotopic (exact) mass is 332 g/mol. The van der Waals surface area contributed by atoms with Crippen LogP contribution in [0.15, 0.2) is 30.7 Å². The van der Waals surface area contributed by atoms with Crippen LogP contribution in [0.5, 0.6) is 0 Å². The van der Waals surface area contributed by atoms with Gasteiger partial charge in [-0.3, -0.25) is 20.1 Å². The molecular weight excluding hydrogens is 319 g/mol. The summed E-state index contributed by atoms with van der Waals surface area (Å²) in [4.78, 5) is 20.3. The van der Waals surface area contributed by atoms with E-state index in [0.29, 0.717) is 0 Å². The number of rotatable bonds is 2. The number of carbonyl (C=O) groups excluding carboxylic acids is 1. The van der Waals surface area contributed by atoms with Crippen molar-refractivity contribution in [2.45, 2.75) is 6.04 Å². The van der Waals surface area contributed by atoms with Crippen molar-refractivity contribution in [2.24, 2.45) is 0 Å². The van der Waals surface area contributed by atoms with E-state index in [-0.39, 0.29) is 36.8 Å². The van der Waals surface area contributed by atoms with Crippen LogP contribution in [0.1, 0.15) is 0 Å². The Morgan fingerprint density at radius 2 is 2.20 bits per heavy atom. The molecule has 1 aliphatic rings. The van der Waals surface area contributed by atoms with Gasteiger partial charge in [0.05, 0.1) is 17.2 Å². The number of anilines is 1. The molecule has 1 fully saturated rings. The van der Waals surface area contributed by atoms with Gasteiger partial charge in [-0.15, -0.1) is 36.6 Å². The van der Waals surface area contributed by atoms with Crippen LogP contribution in [0.4, 0.5) is 5.69 Å². The number of aromatic nitrogens is 2. The molecule has 0 aliphatic carbocycles. The summed E-state index contributed by atoms with van der Waals surface area (Å²) in [5.41, 5.74) is 1.59. The lowest BCUT2D eigenvalue weighted by Gasteiger charge is -2.11. The van der Waals surface area contributed by atoms with E-state index in [1.807, 2.05) is 6.07 Å². The molecule has 0 radical (unpaired) electrons. The Bertz CT molecular complexity index is 587. The molecule has 3 heterocycles. The minimum Gasteiger partial charge on any atom is -0.324 e. The van der Waals surface area contributed by atoms with Gasteiger partial charge < -0.3 is 5.32 Å². The second-order valence-corrected chi connectivity index (χ2v) is 5.04. The highest BCUT2D eigenvalue weighted by Gasteiger charge is 2.22. The van der Waals surface area contributed by atoms with Crippen LogP contribution in [-0.2, 0) is 4.79 Å². The molecule has 0 spiro atoms. The Kier molecular flexibility index (Phi) is 6.48. The summed E-state index contributed by atoms with van der Waals surface area (Å²) in [5.74, 6) is 1.64. The number of nitrogens with zero attached hydrogens (tertiary/aromatic N) is 2. The largest absolute Gasteiger partial charge is 0.324 e. The Labute approximate surface area is 133 Å². The molecule has 1 atom stereocenters.